The van der Waals surface area contributed by atoms with Crippen LogP contribution in [0.4, 0.5) is 0 Å². The highest BCUT2D eigenvalue weighted by molar-refractivity contribution is 5.99. The van der Waals surface area contributed by atoms with Crippen LogP contribution >= 0.6 is 0 Å². The molecule has 0 heterocycles. The van der Waals surface area contributed by atoms with Gasteiger partial charge < -0.3 is 20.3 Å². The molecule has 6 heteroatoms. The van der Waals surface area contributed by atoms with Crippen molar-refractivity contribution in [1.82, 2.24) is 5.32 Å². The standard InChI is InChI=1S/C18H19NO5/c1-11(2)16(18(23)24-15-10-6-5-9-14(15)21)19-17(22)12-7-3-4-8-13(12)20/h3-11,16,20-21H,1-2H3,(H,19,22)/t16-/m0/s1. The van der Waals surface area contributed by atoms with Gasteiger partial charge in [-0.2, -0.15) is 0 Å². The van der Waals surface area contributed by atoms with E-state index in [1.165, 1.54) is 24.3 Å². The Labute approximate surface area is 139 Å². The third-order valence-electron chi connectivity index (χ3n) is 3.43. The lowest BCUT2D eigenvalue weighted by Crippen LogP contribution is -2.46. The largest absolute Gasteiger partial charge is 0.507 e. The fourth-order valence-electron chi connectivity index (χ4n) is 2.10. The number of hydrogen-bond acceptors (Lipinski definition) is 5. The number of hydrogen-bond donors (Lipinski definition) is 3. The van der Waals surface area contributed by atoms with Gasteiger partial charge in [0.1, 0.15) is 11.8 Å². The molecule has 0 saturated heterocycles. The third kappa shape index (κ3) is 4.04. The first-order valence-corrected chi connectivity index (χ1v) is 7.48. The molecule has 0 radical (unpaired) electrons. The Bertz CT molecular complexity index is 742. The topological polar surface area (TPSA) is 95.9 Å². The number of ether oxygens (including phenoxy) is 1. The average Bonchev–Trinajstić information content (AvgIpc) is 2.54. The lowest BCUT2D eigenvalue weighted by molar-refractivity contribution is -0.137. The van der Waals surface area contributed by atoms with Gasteiger partial charge in [-0.1, -0.05) is 38.1 Å². The smallest absolute Gasteiger partial charge is 0.334 e. The molecule has 24 heavy (non-hydrogen) atoms. The van der Waals surface area contributed by atoms with Crippen molar-refractivity contribution in [3.05, 3.63) is 54.1 Å². The van der Waals surface area contributed by atoms with Gasteiger partial charge in [-0.3, -0.25) is 4.79 Å². The number of amides is 1. The fraction of sp³-hybridized carbons (Fsp3) is 0.222. The van der Waals surface area contributed by atoms with Crippen molar-refractivity contribution < 1.29 is 24.5 Å². The van der Waals surface area contributed by atoms with Gasteiger partial charge in [0.15, 0.2) is 11.5 Å². The summed E-state index contributed by atoms with van der Waals surface area (Å²) in [4.78, 5) is 24.6. The molecular formula is C18H19NO5. The molecule has 6 nitrogen and oxygen atoms in total. The van der Waals surface area contributed by atoms with Gasteiger partial charge in [-0.15, -0.1) is 0 Å². The van der Waals surface area contributed by atoms with Crippen molar-refractivity contribution in [3.63, 3.8) is 0 Å². The Morgan fingerprint density at radius 1 is 0.958 bits per heavy atom. The zero-order valence-corrected chi connectivity index (χ0v) is 13.4. The zero-order chi connectivity index (χ0) is 17.7. The van der Waals surface area contributed by atoms with E-state index in [0.717, 1.165) is 0 Å². The molecule has 1 amide bonds. The minimum atomic E-state index is -0.934. The lowest BCUT2D eigenvalue weighted by atomic mass is 10.0. The van der Waals surface area contributed by atoms with Crippen LogP contribution in [0.3, 0.4) is 0 Å². The number of phenolic OH excluding ortho intramolecular Hbond substituents is 2. The van der Waals surface area contributed by atoms with Gasteiger partial charge in [0.25, 0.3) is 5.91 Å². The van der Waals surface area contributed by atoms with E-state index in [-0.39, 0.29) is 28.7 Å². The molecule has 0 aliphatic heterocycles. The number of rotatable bonds is 5. The quantitative estimate of drug-likeness (QED) is 0.578. The normalized spacial score (nSPS) is 11.8. The number of phenols is 2. The highest BCUT2D eigenvalue weighted by atomic mass is 16.5. The SMILES string of the molecule is CC(C)[C@H](NC(=O)c1ccccc1O)C(=O)Oc1ccccc1O. The van der Waals surface area contributed by atoms with Crippen molar-refractivity contribution in [3.8, 4) is 17.2 Å². The van der Waals surface area contributed by atoms with E-state index >= 15 is 0 Å². The molecule has 0 fully saturated rings. The van der Waals surface area contributed by atoms with Gasteiger partial charge >= 0.3 is 5.97 Å². The number of aromatic hydroxyl groups is 2. The van der Waals surface area contributed by atoms with Crippen molar-refractivity contribution in [2.24, 2.45) is 5.92 Å². The molecule has 0 aliphatic carbocycles. The highest BCUT2D eigenvalue weighted by Gasteiger charge is 2.28. The van der Waals surface area contributed by atoms with Crippen LogP contribution in [0.1, 0.15) is 24.2 Å². The molecule has 0 spiro atoms. The lowest BCUT2D eigenvalue weighted by Gasteiger charge is -2.21. The van der Waals surface area contributed by atoms with E-state index in [2.05, 4.69) is 5.32 Å². The van der Waals surface area contributed by atoms with Gasteiger partial charge in [-0.25, -0.2) is 4.79 Å². The third-order valence-corrected chi connectivity index (χ3v) is 3.43. The maximum Gasteiger partial charge on any atom is 0.334 e. The second kappa shape index (κ2) is 7.50. The molecule has 0 aliphatic rings. The molecule has 2 aromatic carbocycles. The molecule has 0 aromatic heterocycles. The maximum atomic E-state index is 12.3. The first kappa shape index (κ1) is 17.3. The Hall–Kier alpha value is -3.02. The van der Waals surface area contributed by atoms with Crippen LogP contribution in [0.25, 0.3) is 0 Å². The average molecular weight is 329 g/mol. The molecule has 3 N–H and O–H groups in total. The maximum absolute atomic E-state index is 12.3. The summed E-state index contributed by atoms with van der Waals surface area (Å²) >= 11 is 0. The van der Waals surface area contributed by atoms with Crippen molar-refractivity contribution in [1.29, 1.82) is 0 Å². The Morgan fingerprint density at radius 2 is 1.54 bits per heavy atom. The molecular weight excluding hydrogens is 310 g/mol. The van der Waals surface area contributed by atoms with E-state index in [1.807, 2.05) is 0 Å². The minimum Gasteiger partial charge on any atom is -0.507 e. The fourth-order valence-corrected chi connectivity index (χ4v) is 2.10. The van der Waals surface area contributed by atoms with E-state index < -0.39 is 17.9 Å². The first-order valence-electron chi connectivity index (χ1n) is 7.48. The second-order valence-electron chi connectivity index (χ2n) is 5.60. The summed E-state index contributed by atoms with van der Waals surface area (Å²) in [7, 11) is 0. The van der Waals surface area contributed by atoms with E-state index in [9.17, 15) is 19.8 Å². The number of nitrogens with one attached hydrogen (secondary N) is 1. The van der Waals surface area contributed by atoms with Crippen LogP contribution in [0.2, 0.25) is 0 Å². The van der Waals surface area contributed by atoms with Crippen LogP contribution in [-0.2, 0) is 4.79 Å². The van der Waals surface area contributed by atoms with Crippen LogP contribution in [0.5, 0.6) is 17.2 Å². The summed E-state index contributed by atoms with van der Waals surface area (Å²) < 4.78 is 5.17. The van der Waals surface area contributed by atoms with Crippen LogP contribution in [-0.4, -0.2) is 28.1 Å². The summed E-state index contributed by atoms with van der Waals surface area (Å²) in [5, 5.41) is 22.0. The van der Waals surface area contributed by atoms with E-state index in [1.54, 1.807) is 38.1 Å². The minimum absolute atomic E-state index is 0.0185. The summed E-state index contributed by atoms with van der Waals surface area (Å²) in [6.07, 6.45) is 0. The summed E-state index contributed by atoms with van der Waals surface area (Å²) in [5.74, 6) is -1.86. The van der Waals surface area contributed by atoms with Gasteiger partial charge in [0.05, 0.1) is 5.56 Å². The van der Waals surface area contributed by atoms with Crippen molar-refractivity contribution >= 4 is 11.9 Å². The van der Waals surface area contributed by atoms with Crippen LogP contribution in [0, 0.1) is 5.92 Å². The molecule has 0 saturated carbocycles. The van der Waals surface area contributed by atoms with Crippen LogP contribution < -0.4 is 10.1 Å². The number of para-hydroxylation sites is 3. The second-order valence-corrected chi connectivity index (χ2v) is 5.60. The predicted molar refractivity (Wildman–Crippen MR) is 87.9 cm³/mol. The Morgan fingerprint density at radius 3 is 2.12 bits per heavy atom. The number of benzene rings is 2. The summed E-state index contributed by atoms with van der Waals surface area (Å²) in [6, 6.07) is 11.2. The van der Waals surface area contributed by atoms with Crippen molar-refractivity contribution in [2.45, 2.75) is 19.9 Å². The van der Waals surface area contributed by atoms with Gasteiger partial charge in [0.2, 0.25) is 0 Å². The summed E-state index contributed by atoms with van der Waals surface area (Å²) in [5.41, 5.74) is 0.0681. The first-order chi connectivity index (χ1) is 11.4. The predicted octanol–water partition coefficient (Wildman–Crippen LogP) is 2.46. The molecule has 2 rings (SSSR count). The summed E-state index contributed by atoms with van der Waals surface area (Å²) in [6.45, 7) is 3.50. The highest BCUT2D eigenvalue weighted by Crippen LogP contribution is 2.25. The Kier molecular flexibility index (Phi) is 5.42. The molecule has 0 bridgehead atoms. The number of esters is 1. The van der Waals surface area contributed by atoms with Gasteiger partial charge in [-0.05, 0) is 30.2 Å². The van der Waals surface area contributed by atoms with E-state index in [0.29, 0.717) is 0 Å². The molecule has 126 valence electrons. The zero-order valence-electron chi connectivity index (χ0n) is 13.4. The number of carbonyl (C=O) groups is 2. The Balaban J connectivity index is 2.15. The van der Waals surface area contributed by atoms with Crippen molar-refractivity contribution in [2.75, 3.05) is 0 Å². The number of carbonyl (C=O) groups excluding carboxylic acids is 2. The van der Waals surface area contributed by atoms with Gasteiger partial charge in [0, 0.05) is 0 Å². The molecule has 0 unspecified atom stereocenters. The monoisotopic (exact) mass is 329 g/mol. The van der Waals surface area contributed by atoms with Crippen LogP contribution in [0.15, 0.2) is 48.5 Å². The van der Waals surface area contributed by atoms with E-state index in [4.69, 9.17) is 4.74 Å². The molecule has 1 atom stereocenters. The molecule has 2 aromatic rings.